The molecule has 5 rings (SSSR count). The van der Waals surface area contributed by atoms with Crippen molar-refractivity contribution in [1.29, 1.82) is 0 Å². The SMILES string of the molecule is CCCCCC1COC(c2ccc(-c3ccc(-c4cc(F)c(C(F)(F)Oc5cc(F)c(OC(F)F)c(F)c5)c(F)c4)c(F)c3)c(F)c2)OC1. The highest BCUT2D eigenvalue weighted by molar-refractivity contribution is 5.72. The van der Waals surface area contributed by atoms with Gasteiger partial charge < -0.3 is 18.9 Å². The predicted octanol–water partition coefficient (Wildman–Crippen LogP) is 10.8. The molecule has 1 fully saturated rings. The molecule has 262 valence electrons. The van der Waals surface area contributed by atoms with E-state index >= 15 is 8.78 Å². The Morgan fingerprint density at radius 3 is 1.86 bits per heavy atom. The molecule has 0 amide bonds. The van der Waals surface area contributed by atoms with Crippen molar-refractivity contribution >= 4 is 0 Å². The molecule has 0 unspecified atom stereocenters. The molecule has 0 bridgehead atoms. The second kappa shape index (κ2) is 15.1. The molecule has 4 aromatic carbocycles. The fraction of sp³-hybridized carbons (Fsp3) is 0.314. The van der Waals surface area contributed by atoms with Crippen molar-refractivity contribution in [2.24, 2.45) is 5.92 Å². The van der Waals surface area contributed by atoms with Crippen molar-refractivity contribution in [3.8, 4) is 33.8 Å². The third-order valence-corrected chi connectivity index (χ3v) is 7.80. The van der Waals surface area contributed by atoms with Gasteiger partial charge in [-0.1, -0.05) is 50.5 Å². The van der Waals surface area contributed by atoms with Gasteiger partial charge in [0.25, 0.3) is 0 Å². The molecule has 0 spiro atoms. The van der Waals surface area contributed by atoms with E-state index in [2.05, 4.69) is 16.4 Å². The highest BCUT2D eigenvalue weighted by Gasteiger charge is 2.42. The fourth-order valence-corrected chi connectivity index (χ4v) is 5.42. The van der Waals surface area contributed by atoms with Crippen molar-refractivity contribution in [2.75, 3.05) is 13.2 Å². The fourth-order valence-electron chi connectivity index (χ4n) is 5.42. The highest BCUT2D eigenvalue weighted by Crippen LogP contribution is 2.40. The largest absolute Gasteiger partial charge is 0.432 e. The summed E-state index contributed by atoms with van der Waals surface area (Å²) in [6.07, 6.45) is -1.42. The van der Waals surface area contributed by atoms with Crippen LogP contribution in [0.1, 0.15) is 50.0 Å². The summed E-state index contributed by atoms with van der Waals surface area (Å²) in [7, 11) is 0. The molecule has 0 saturated carbocycles. The van der Waals surface area contributed by atoms with Crippen LogP contribution in [0.4, 0.5) is 43.9 Å². The van der Waals surface area contributed by atoms with Crippen molar-refractivity contribution in [1.82, 2.24) is 0 Å². The van der Waals surface area contributed by atoms with E-state index in [1.807, 2.05) is 0 Å². The highest BCUT2D eigenvalue weighted by atomic mass is 19.3. The average molecular weight is 703 g/mol. The van der Waals surface area contributed by atoms with Crippen LogP contribution in [0.2, 0.25) is 0 Å². The number of halogens is 10. The van der Waals surface area contributed by atoms with Crippen LogP contribution >= 0.6 is 0 Å². The van der Waals surface area contributed by atoms with Gasteiger partial charge in [0.15, 0.2) is 23.7 Å². The lowest BCUT2D eigenvalue weighted by atomic mass is 9.97. The smallest absolute Gasteiger partial charge is 0.429 e. The Hall–Kier alpha value is -4.30. The lowest BCUT2D eigenvalue weighted by molar-refractivity contribution is -0.206. The number of hydrogen-bond acceptors (Lipinski definition) is 4. The van der Waals surface area contributed by atoms with Crippen molar-refractivity contribution in [3.05, 3.63) is 107 Å². The summed E-state index contributed by atoms with van der Waals surface area (Å²) in [6, 6.07) is 8.24. The summed E-state index contributed by atoms with van der Waals surface area (Å²) in [5.41, 5.74) is -2.44. The molecule has 1 aliphatic heterocycles. The van der Waals surface area contributed by atoms with Crippen molar-refractivity contribution in [3.63, 3.8) is 0 Å². The molecule has 1 aliphatic rings. The van der Waals surface area contributed by atoms with Crippen LogP contribution in [0.15, 0.2) is 60.7 Å². The Morgan fingerprint density at radius 1 is 0.714 bits per heavy atom. The van der Waals surface area contributed by atoms with Gasteiger partial charge in [-0.2, -0.15) is 17.6 Å². The molecular weight excluding hydrogens is 674 g/mol. The van der Waals surface area contributed by atoms with Crippen molar-refractivity contribution < 1.29 is 62.9 Å². The minimum Gasteiger partial charge on any atom is -0.429 e. The molecule has 4 nitrogen and oxygen atoms in total. The summed E-state index contributed by atoms with van der Waals surface area (Å²) in [5, 5.41) is 0. The number of rotatable bonds is 12. The van der Waals surface area contributed by atoms with Gasteiger partial charge in [0.2, 0.25) is 0 Å². The summed E-state index contributed by atoms with van der Waals surface area (Å²) in [6.45, 7) is -0.600. The molecule has 0 aromatic heterocycles. The lowest BCUT2D eigenvalue weighted by Gasteiger charge is -2.29. The topological polar surface area (TPSA) is 36.9 Å². The third kappa shape index (κ3) is 8.30. The third-order valence-electron chi connectivity index (χ3n) is 7.80. The monoisotopic (exact) mass is 702 g/mol. The van der Waals surface area contributed by atoms with Crippen molar-refractivity contribution in [2.45, 2.75) is 51.6 Å². The summed E-state index contributed by atoms with van der Waals surface area (Å²) >= 11 is 0. The number of unbranched alkanes of at least 4 members (excludes halogenated alkanes) is 2. The van der Waals surface area contributed by atoms with Crippen LogP contribution in [-0.2, 0) is 15.6 Å². The van der Waals surface area contributed by atoms with Crippen LogP contribution in [0.25, 0.3) is 22.3 Å². The quantitative estimate of drug-likeness (QED) is 0.109. The van der Waals surface area contributed by atoms with Gasteiger partial charge in [-0.05, 0) is 41.8 Å². The minimum atomic E-state index is -4.88. The molecule has 1 saturated heterocycles. The maximum absolute atomic E-state index is 15.2. The lowest BCUT2D eigenvalue weighted by Crippen LogP contribution is -2.27. The van der Waals surface area contributed by atoms with E-state index < -0.39 is 82.1 Å². The number of benzene rings is 4. The molecule has 14 heteroatoms. The Kier molecular flexibility index (Phi) is 11.1. The number of hydrogen-bond donors (Lipinski definition) is 0. The molecule has 0 aliphatic carbocycles. The van der Waals surface area contributed by atoms with Gasteiger partial charge in [0.05, 0.1) is 13.2 Å². The first kappa shape index (κ1) is 36.0. The van der Waals surface area contributed by atoms with Crippen LogP contribution in [0.3, 0.4) is 0 Å². The Morgan fingerprint density at radius 2 is 1.29 bits per heavy atom. The second-order valence-corrected chi connectivity index (χ2v) is 11.3. The van der Waals surface area contributed by atoms with Crippen LogP contribution in [-0.4, -0.2) is 19.8 Å². The normalized spacial score (nSPS) is 16.7. The molecule has 0 atom stereocenters. The molecule has 4 aromatic rings. The number of alkyl halides is 4. The van der Waals surface area contributed by atoms with E-state index in [1.54, 1.807) is 6.07 Å². The van der Waals surface area contributed by atoms with E-state index in [0.29, 0.717) is 30.9 Å². The van der Waals surface area contributed by atoms with Gasteiger partial charge in [0.1, 0.15) is 34.6 Å². The Labute approximate surface area is 274 Å². The number of ether oxygens (including phenoxy) is 4. The molecule has 0 radical (unpaired) electrons. The van der Waals surface area contributed by atoms with Crippen LogP contribution < -0.4 is 9.47 Å². The predicted molar refractivity (Wildman–Crippen MR) is 157 cm³/mol. The standard InChI is InChI=1S/C35H28F10O4/c1-2-3-4-5-18-16-46-33(47-17-18)20-7-9-23(26(37)11-20)19-6-8-24(25(36)10-19)21-12-27(38)31(28(39)13-21)35(44,45)49-22-14-29(40)32(30(41)15-22)48-34(42)43/h6-15,18,33-34H,2-5,16-17H2,1H3. The first-order valence-corrected chi connectivity index (χ1v) is 15.1. The van der Waals surface area contributed by atoms with Gasteiger partial charge in [-0.25, -0.2) is 26.3 Å². The first-order chi connectivity index (χ1) is 23.3. The maximum Gasteiger partial charge on any atom is 0.432 e. The van der Waals surface area contributed by atoms with Gasteiger partial charge in [-0.3, -0.25) is 0 Å². The maximum atomic E-state index is 15.2. The second-order valence-electron chi connectivity index (χ2n) is 11.3. The minimum absolute atomic E-state index is 0.00590. The Balaban J connectivity index is 1.32. The van der Waals surface area contributed by atoms with Crippen LogP contribution in [0.5, 0.6) is 11.5 Å². The van der Waals surface area contributed by atoms with Gasteiger partial charge in [0, 0.05) is 34.7 Å². The van der Waals surface area contributed by atoms with E-state index in [1.165, 1.54) is 18.2 Å². The van der Waals surface area contributed by atoms with E-state index in [4.69, 9.17) is 9.47 Å². The molecule has 49 heavy (non-hydrogen) atoms. The van der Waals surface area contributed by atoms with Gasteiger partial charge >= 0.3 is 12.7 Å². The van der Waals surface area contributed by atoms with Gasteiger partial charge in [-0.15, -0.1) is 0 Å². The zero-order chi connectivity index (χ0) is 35.5. The Bertz CT molecular complexity index is 1740. The van der Waals surface area contributed by atoms with E-state index in [0.717, 1.165) is 37.8 Å². The van der Waals surface area contributed by atoms with E-state index in [-0.39, 0.29) is 29.2 Å². The summed E-state index contributed by atoms with van der Waals surface area (Å²) in [5.74, 6) is -12.0. The average Bonchev–Trinajstić information content (AvgIpc) is 3.02. The zero-order valence-corrected chi connectivity index (χ0v) is 25.7. The molecule has 0 N–H and O–H groups in total. The van der Waals surface area contributed by atoms with E-state index in [9.17, 15) is 35.1 Å². The summed E-state index contributed by atoms with van der Waals surface area (Å²) < 4.78 is 162. The van der Waals surface area contributed by atoms with Crippen LogP contribution in [0, 0.1) is 40.8 Å². The molecular formula is C35H28F10O4. The zero-order valence-electron chi connectivity index (χ0n) is 25.7. The summed E-state index contributed by atoms with van der Waals surface area (Å²) in [4.78, 5) is 0. The molecule has 1 heterocycles. The first-order valence-electron chi connectivity index (χ1n) is 15.1.